The van der Waals surface area contributed by atoms with Crippen molar-refractivity contribution in [1.82, 2.24) is 9.55 Å². The minimum atomic E-state index is 0.370. The van der Waals surface area contributed by atoms with E-state index in [-0.39, 0.29) is 0 Å². The van der Waals surface area contributed by atoms with Crippen molar-refractivity contribution in [3.05, 3.63) is 139 Å². The molecule has 0 saturated heterocycles. The van der Waals surface area contributed by atoms with Gasteiger partial charge in [0.2, 0.25) is 0 Å². The summed E-state index contributed by atoms with van der Waals surface area (Å²) < 4.78 is 8.28. The van der Waals surface area contributed by atoms with Gasteiger partial charge < -0.3 is 4.42 Å². The van der Waals surface area contributed by atoms with Crippen LogP contribution in [0.15, 0.2) is 143 Å². The number of benzene rings is 4. The third-order valence-corrected chi connectivity index (χ3v) is 8.52. The largest absolute Gasteiger partial charge is 0.464 e. The molecule has 0 bridgehead atoms. The van der Waals surface area contributed by atoms with Crippen LogP contribution >= 0.6 is 12.6 Å². The van der Waals surface area contributed by atoms with E-state index in [1.54, 1.807) is 0 Å². The number of allylic oxidation sites excluding steroid dienone is 4. The molecule has 196 valence electrons. The van der Waals surface area contributed by atoms with Crippen LogP contribution in [0, 0.1) is 0 Å². The van der Waals surface area contributed by atoms with Crippen molar-refractivity contribution in [2.45, 2.75) is 17.2 Å². The number of thiol groups is 1. The number of para-hydroxylation sites is 2. The zero-order valence-electron chi connectivity index (χ0n) is 22.2. The molecule has 41 heavy (non-hydrogen) atoms. The number of rotatable bonds is 4. The molecule has 1 aliphatic rings. The van der Waals surface area contributed by atoms with E-state index in [2.05, 4.69) is 126 Å². The number of nitrogens with zero attached hydrogens (tertiary/aromatic N) is 2. The molecule has 3 aromatic heterocycles. The van der Waals surface area contributed by atoms with Gasteiger partial charge in [0.15, 0.2) is 0 Å². The summed E-state index contributed by atoms with van der Waals surface area (Å²) in [5, 5.41) is 3.51. The topological polar surface area (TPSA) is 31.0 Å². The summed E-state index contributed by atoms with van der Waals surface area (Å²) in [5.41, 5.74) is 8.51. The van der Waals surface area contributed by atoms with Gasteiger partial charge in [0, 0.05) is 38.1 Å². The van der Waals surface area contributed by atoms with Crippen LogP contribution in [0.4, 0.5) is 0 Å². The highest BCUT2D eigenvalue weighted by Gasteiger charge is 2.17. The summed E-state index contributed by atoms with van der Waals surface area (Å²) >= 11 is 4.83. The zero-order valence-corrected chi connectivity index (χ0v) is 23.1. The van der Waals surface area contributed by atoms with E-state index in [1.165, 1.54) is 16.3 Å². The molecule has 7 aromatic rings. The lowest BCUT2D eigenvalue weighted by atomic mass is 9.90. The number of hydrogen-bond acceptors (Lipinski definition) is 3. The predicted octanol–water partition coefficient (Wildman–Crippen LogP) is 10.1. The molecular formula is C37H26N2OS. The van der Waals surface area contributed by atoms with Gasteiger partial charge in [-0.3, -0.25) is 4.57 Å². The summed E-state index contributed by atoms with van der Waals surface area (Å²) in [6.07, 6.45) is 11.6. The van der Waals surface area contributed by atoms with Gasteiger partial charge in [-0.15, -0.1) is 12.6 Å². The Morgan fingerprint density at radius 3 is 2.32 bits per heavy atom. The highest BCUT2D eigenvalue weighted by Crippen LogP contribution is 2.39. The molecule has 3 heterocycles. The van der Waals surface area contributed by atoms with Crippen molar-refractivity contribution < 1.29 is 4.42 Å². The van der Waals surface area contributed by atoms with Crippen LogP contribution in [0.2, 0.25) is 0 Å². The molecule has 4 aromatic carbocycles. The monoisotopic (exact) mass is 546 g/mol. The van der Waals surface area contributed by atoms with E-state index in [0.29, 0.717) is 5.92 Å². The Morgan fingerprint density at radius 1 is 0.732 bits per heavy atom. The lowest BCUT2D eigenvalue weighted by molar-refractivity contribution is 0.617. The summed E-state index contributed by atoms with van der Waals surface area (Å²) in [7, 11) is 0. The maximum atomic E-state index is 6.03. The molecule has 0 N–H and O–H groups in total. The zero-order chi connectivity index (χ0) is 27.3. The van der Waals surface area contributed by atoms with Crippen molar-refractivity contribution in [1.29, 1.82) is 0 Å². The van der Waals surface area contributed by atoms with Crippen LogP contribution in [0.1, 0.15) is 17.9 Å². The second kappa shape index (κ2) is 9.69. The van der Waals surface area contributed by atoms with Crippen LogP contribution in [0.3, 0.4) is 0 Å². The molecule has 8 rings (SSSR count). The smallest absolute Gasteiger partial charge is 0.138 e. The quantitative estimate of drug-likeness (QED) is 0.223. The van der Waals surface area contributed by atoms with Crippen molar-refractivity contribution in [2.75, 3.05) is 0 Å². The molecule has 1 atom stereocenters. The molecule has 0 radical (unpaired) electrons. The van der Waals surface area contributed by atoms with Crippen molar-refractivity contribution >= 4 is 45.4 Å². The normalized spacial score (nSPS) is 14.9. The Morgan fingerprint density at radius 2 is 1.54 bits per heavy atom. The SMILES string of the molecule is Sc1ccc(C2C=CC=CC2)cc1-c1coc2ccc(-c3cccc(-n4c5ccccc5c5ccccc54)n3)cc12. The average molecular weight is 547 g/mol. The number of furan rings is 1. The molecule has 0 aliphatic heterocycles. The van der Waals surface area contributed by atoms with Gasteiger partial charge in [-0.2, -0.15) is 0 Å². The minimum Gasteiger partial charge on any atom is -0.464 e. The first-order valence-electron chi connectivity index (χ1n) is 13.9. The second-order valence-electron chi connectivity index (χ2n) is 10.5. The van der Waals surface area contributed by atoms with Crippen LogP contribution in [0.25, 0.3) is 61.0 Å². The molecule has 1 aliphatic carbocycles. The van der Waals surface area contributed by atoms with Crippen molar-refractivity contribution in [2.24, 2.45) is 0 Å². The number of aromatic nitrogens is 2. The lowest BCUT2D eigenvalue weighted by Gasteiger charge is -2.15. The summed E-state index contributed by atoms with van der Waals surface area (Å²) in [4.78, 5) is 6.11. The molecule has 0 fully saturated rings. The van der Waals surface area contributed by atoms with E-state index in [9.17, 15) is 0 Å². The summed E-state index contributed by atoms with van der Waals surface area (Å²) in [6.45, 7) is 0. The van der Waals surface area contributed by atoms with Crippen molar-refractivity contribution in [3.63, 3.8) is 0 Å². The van der Waals surface area contributed by atoms with Gasteiger partial charge in [-0.25, -0.2) is 4.98 Å². The first-order valence-corrected chi connectivity index (χ1v) is 14.3. The van der Waals surface area contributed by atoms with Crippen LogP contribution < -0.4 is 0 Å². The van der Waals surface area contributed by atoms with Gasteiger partial charge in [0.05, 0.1) is 23.0 Å². The van der Waals surface area contributed by atoms with E-state index in [1.807, 2.05) is 12.3 Å². The molecule has 3 nitrogen and oxygen atoms in total. The molecule has 0 saturated carbocycles. The molecule has 4 heteroatoms. The number of hydrogen-bond donors (Lipinski definition) is 1. The Bertz CT molecular complexity index is 2110. The molecular weight excluding hydrogens is 520 g/mol. The van der Waals surface area contributed by atoms with E-state index < -0.39 is 0 Å². The Kier molecular flexibility index (Phi) is 5.68. The predicted molar refractivity (Wildman–Crippen MR) is 172 cm³/mol. The Hall–Kier alpha value is -4.80. The molecule has 0 amide bonds. The third-order valence-electron chi connectivity index (χ3n) is 8.13. The number of pyridine rings is 1. The highest BCUT2D eigenvalue weighted by atomic mass is 32.1. The fourth-order valence-electron chi connectivity index (χ4n) is 6.10. The average Bonchev–Trinajstić information content (AvgIpc) is 3.61. The van der Waals surface area contributed by atoms with E-state index >= 15 is 0 Å². The third kappa shape index (κ3) is 4.02. The lowest BCUT2D eigenvalue weighted by Crippen LogP contribution is -1.98. The van der Waals surface area contributed by atoms with E-state index in [0.717, 1.165) is 61.5 Å². The fourth-order valence-corrected chi connectivity index (χ4v) is 6.36. The first kappa shape index (κ1) is 24.0. The van der Waals surface area contributed by atoms with Gasteiger partial charge in [-0.05, 0) is 72.1 Å². The highest BCUT2D eigenvalue weighted by molar-refractivity contribution is 7.80. The van der Waals surface area contributed by atoms with Gasteiger partial charge in [0.1, 0.15) is 11.4 Å². The van der Waals surface area contributed by atoms with Crippen molar-refractivity contribution in [3.8, 4) is 28.2 Å². The Balaban J connectivity index is 1.24. The Labute approximate surface area is 243 Å². The van der Waals surface area contributed by atoms with Gasteiger partial charge >= 0.3 is 0 Å². The minimum absolute atomic E-state index is 0.370. The van der Waals surface area contributed by atoms with Crippen LogP contribution in [0.5, 0.6) is 0 Å². The standard InChI is InChI=1S/C37H26N2OS/c41-36-20-18-25(24-9-2-1-3-10-24)21-30(36)31-23-40-35-19-17-26(22-29(31)35)32-13-8-16-37(38-32)39-33-14-6-4-11-27(33)28-12-5-7-15-34(28)39/h1-9,11-24,41H,10H2. The summed E-state index contributed by atoms with van der Waals surface area (Å²) in [6, 6.07) is 36.1. The molecule has 1 unspecified atom stereocenters. The summed E-state index contributed by atoms with van der Waals surface area (Å²) in [5.74, 6) is 1.27. The molecule has 0 spiro atoms. The maximum absolute atomic E-state index is 6.03. The maximum Gasteiger partial charge on any atom is 0.138 e. The van der Waals surface area contributed by atoms with Crippen LogP contribution in [-0.2, 0) is 0 Å². The fraction of sp³-hybridized carbons (Fsp3) is 0.0541. The van der Waals surface area contributed by atoms with Gasteiger partial charge in [-0.1, -0.05) is 72.8 Å². The van der Waals surface area contributed by atoms with Gasteiger partial charge in [0.25, 0.3) is 0 Å². The second-order valence-corrected chi connectivity index (χ2v) is 11.0. The number of fused-ring (bicyclic) bond motifs is 4. The first-order chi connectivity index (χ1) is 20.2. The van der Waals surface area contributed by atoms with Crippen LogP contribution in [-0.4, -0.2) is 9.55 Å². The van der Waals surface area contributed by atoms with E-state index in [4.69, 9.17) is 22.0 Å².